The number of methoxy groups -OCH3 is 1. The summed E-state index contributed by atoms with van der Waals surface area (Å²) < 4.78 is 20.0. The second kappa shape index (κ2) is 9.13. The van der Waals surface area contributed by atoms with Crippen LogP contribution in [0.4, 0.5) is 4.39 Å². The third-order valence-corrected chi connectivity index (χ3v) is 6.50. The van der Waals surface area contributed by atoms with Gasteiger partial charge in [0.15, 0.2) is 0 Å². The molecule has 1 aromatic carbocycles. The highest BCUT2D eigenvalue weighted by atomic mass is 19.1. The molecule has 2 fully saturated rings. The minimum absolute atomic E-state index is 0.154. The van der Waals surface area contributed by atoms with Crippen LogP contribution in [0.15, 0.2) is 36.5 Å². The Morgan fingerprint density at radius 2 is 1.97 bits per heavy atom. The van der Waals surface area contributed by atoms with Gasteiger partial charge in [0.1, 0.15) is 5.82 Å². The molecule has 30 heavy (non-hydrogen) atoms. The molecule has 1 amide bonds. The number of halogens is 1. The number of amides is 1. The maximum absolute atomic E-state index is 15.0. The minimum atomic E-state index is -0.479. The number of nitrogens with zero attached hydrogens (tertiary/aromatic N) is 3. The van der Waals surface area contributed by atoms with Gasteiger partial charge in [0.25, 0.3) is 5.91 Å². The third kappa shape index (κ3) is 4.33. The van der Waals surface area contributed by atoms with Crippen molar-refractivity contribution in [2.75, 3.05) is 26.7 Å². The van der Waals surface area contributed by atoms with E-state index in [1.165, 1.54) is 18.9 Å². The number of carbonyl (C=O) groups is 1. The largest absolute Gasteiger partial charge is 0.481 e. The summed E-state index contributed by atoms with van der Waals surface area (Å²) in [6, 6.07) is 9.14. The molecule has 160 valence electrons. The van der Waals surface area contributed by atoms with Gasteiger partial charge in [0.05, 0.1) is 12.7 Å². The number of likely N-dealkylation sites (tertiary alicyclic amines) is 2. The molecule has 0 spiro atoms. The Kier molecular flexibility index (Phi) is 6.32. The summed E-state index contributed by atoms with van der Waals surface area (Å²) in [5, 5.41) is 0. The normalized spacial score (nSPS) is 22.3. The predicted molar refractivity (Wildman–Crippen MR) is 115 cm³/mol. The van der Waals surface area contributed by atoms with E-state index in [4.69, 9.17) is 4.74 Å². The van der Waals surface area contributed by atoms with Crippen molar-refractivity contribution in [3.8, 4) is 17.0 Å². The first-order valence-corrected chi connectivity index (χ1v) is 10.9. The summed E-state index contributed by atoms with van der Waals surface area (Å²) in [6.07, 6.45) is 7.19. The SMILES string of the molecule is COc1ccc(-c2ccc(C(=O)N3CCCCC3CN3CCCC3C)c(F)c2)cn1. The molecule has 1 aromatic heterocycles. The zero-order valence-electron chi connectivity index (χ0n) is 17.8. The zero-order valence-corrected chi connectivity index (χ0v) is 17.8. The Morgan fingerprint density at radius 3 is 2.63 bits per heavy atom. The molecule has 0 saturated carbocycles. The fourth-order valence-electron chi connectivity index (χ4n) is 4.69. The van der Waals surface area contributed by atoms with Crippen molar-refractivity contribution in [2.45, 2.75) is 51.1 Å². The zero-order chi connectivity index (χ0) is 21.1. The summed E-state index contributed by atoms with van der Waals surface area (Å²) in [7, 11) is 1.56. The molecule has 0 radical (unpaired) electrons. The van der Waals surface area contributed by atoms with Gasteiger partial charge in [0.2, 0.25) is 5.88 Å². The van der Waals surface area contributed by atoms with Crippen LogP contribution < -0.4 is 4.74 Å². The van der Waals surface area contributed by atoms with Gasteiger partial charge in [-0.15, -0.1) is 0 Å². The standard InChI is InChI=1S/C24H30FN3O2/c1-17-6-5-12-27(17)16-20-7-3-4-13-28(20)24(29)21-10-8-18(14-22(21)25)19-9-11-23(30-2)26-15-19/h8-11,14-15,17,20H,3-7,12-13,16H2,1-2H3. The van der Waals surface area contributed by atoms with E-state index in [1.807, 2.05) is 11.0 Å². The summed E-state index contributed by atoms with van der Waals surface area (Å²) in [5.74, 6) is -0.162. The Bertz CT molecular complexity index is 887. The van der Waals surface area contributed by atoms with Gasteiger partial charge < -0.3 is 9.64 Å². The van der Waals surface area contributed by atoms with Crippen LogP contribution in [0.3, 0.4) is 0 Å². The number of rotatable bonds is 5. The average molecular weight is 412 g/mol. The van der Waals surface area contributed by atoms with E-state index in [2.05, 4.69) is 16.8 Å². The highest BCUT2D eigenvalue weighted by Crippen LogP contribution is 2.27. The van der Waals surface area contributed by atoms with E-state index < -0.39 is 5.82 Å². The molecule has 2 unspecified atom stereocenters. The molecule has 5 nitrogen and oxygen atoms in total. The van der Waals surface area contributed by atoms with E-state index >= 15 is 0 Å². The van der Waals surface area contributed by atoms with E-state index in [1.54, 1.807) is 31.5 Å². The third-order valence-electron chi connectivity index (χ3n) is 6.50. The van der Waals surface area contributed by atoms with Crippen molar-refractivity contribution >= 4 is 5.91 Å². The maximum atomic E-state index is 15.0. The molecule has 4 rings (SSSR count). The molecule has 2 aliphatic heterocycles. The summed E-state index contributed by atoms with van der Waals surface area (Å²) in [6.45, 7) is 4.95. The van der Waals surface area contributed by atoms with Gasteiger partial charge in [0, 0.05) is 43.0 Å². The highest BCUT2D eigenvalue weighted by molar-refractivity contribution is 5.95. The van der Waals surface area contributed by atoms with Gasteiger partial charge in [-0.1, -0.05) is 6.07 Å². The molecule has 0 bridgehead atoms. The van der Waals surface area contributed by atoms with Crippen molar-refractivity contribution in [3.63, 3.8) is 0 Å². The highest BCUT2D eigenvalue weighted by Gasteiger charge is 2.32. The van der Waals surface area contributed by atoms with Crippen LogP contribution in [0, 0.1) is 5.82 Å². The molecule has 3 heterocycles. The van der Waals surface area contributed by atoms with Gasteiger partial charge in [-0.05, 0) is 69.3 Å². The Labute approximate surface area is 177 Å². The van der Waals surface area contributed by atoms with Crippen LogP contribution >= 0.6 is 0 Å². The van der Waals surface area contributed by atoms with Gasteiger partial charge >= 0.3 is 0 Å². The summed E-state index contributed by atoms with van der Waals surface area (Å²) in [4.78, 5) is 21.8. The molecular formula is C24H30FN3O2. The Morgan fingerprint density at radius 1 is 1.13 bits per heavy atom. The van der Waals surface area contributed by atoms with E-state index in [-0.39, 0.29) is 17.5 Å². The number of hydrogen-bond acceptors (Lipinski definition) is 4. The summed E-state index contributed by atoms with van der Waals surface area (Å²) in [5.41, 5.74) is 1.63. The lowest BCUT2D eigenvalue weighted by Gasteiger charge is -2.39. The number of piperidine rings is 1. The van der Waals surface area contributed by atoms with Crippen molar-refractivity contribution in [1.82, 2.24) is 14.8 Å². The minimum Gasteiger partial charge on any atom is -0.481 e. The lowest BCUT2D eigenvalue weighted by atomic mass is 9.99. The Balaban J connectivity index is 1.52. The lowest BCUT2D eigenvalue weighted by molar-refractivity contribution is 0.0535. The van der Waals surface area contributed by atoms with Crippen molar-refractivity contribution in [3.05, 3.63) is 47.9 Å². The number of carbonyl (C=O) groups excluding carboxylic acids is 1. The van der Waals surface area contributed by atoms with Gasteiger partial charge in [-0.3, -0.25) is 9.69 Å². The molecule has 0 N–H and O–H groups in total. The second-order valence-corrected chi connectivity index (χ2v) is 8.42. The molecule has 2 atom stereocenters. The van der Waals surface area contributed by atoms with Crippen LogP contribution in [-0.2, 0) is 0 Å². The summed E-state index contributed by atoms with van der Waals surface area (Å²) >= 11 is 0. The van der Waals surface area contributed by atoms with Gasteiger partial charge in [-0.25, -0.2) is 9.37 Å². The average Bonchev–Trinajstić information content (AvgIpc) is 3.18. The van der Waals surface area contributed by atoms with Crippen LogP contribution in [0.5, 0.6) is 5.88 Å². The first kappa shape index (κ1) is 20.8. The van der Waals surface area contributed by atoms with Gasteiger partial charge in [-0.2, -0.15) is 0 Å². The van der Waals surface area contributed by atoms with Crippen LogP contribution in [0.25, 0.3) is 11.1 Å². The van der Waals surface area contributed by atoms with Crippen molar-refractivity contribution < 1.29 is 13.9 Å². The van der Waals surface area contributed by atoms with Crippen molar-refractivity contribution in [1.29, 1.82) is 0 Å². The Hall–Kier alpha value is -2.47. The molecule has 2 aliphatic rings. The smallest absolute Gasteiger partial charge is 0.257 e. The van der Waals surface area contributed by atoms with E-state index in [0.29, 0.717) is 24.0 Å². The number of hydrogen-bond donors (Lipinski definition) is 0. The number of pyridine rings is 1. The molecular weight excluding hydrogens is 381 g/mol. The predicted octanol–water partition coefficient (Wildman–Crippen LogP) is 4.38. The molecule has 0 aliphatic carbocycles. The molecule has 2 saturated heterocycles. The second-order valence-electron chi connectivity index (χ2n) is 8.42. The molecule has 6 heteroatoms. The first-order chi connectivity index (χ1) is 14.6. The molecule has 2 aromatic rings. The monoisotopic (exact) mass is 411 g/mol. The first-order valence-electron chi connectivity index (χ1n) is 10.9. The topological polar surface area (TPSA) is 45.7 Å². The quantitative estimate of drug-likeness (QED) is 0.733. The lowest BCUT2D eigenvalue weighted by Crippen LogP contribution is -2.50. The maximum Gasteiger partial charge on any atom is 0.257 e. The van der Waals surface area contributed by atoms with Crippen LogP contribution in [0.1, 0.15) is 49.4 Å². The van der Waals surface area contributed by atoms with E-state index in [0.717, 1.165) is 37.9 Å². The number of benzene rings is 1. The van der Waals surface area contributed by atoms with E-state index in [9.17, 15) is 9.18 Å². The van der Waals surface area contributed by atoms with Crippen molar-refractivity contribution in [2.24, 2.45) is 0 Å². The van der Waals surface area contributed by atoms with Crippen LogP contribution in [0.2, 0.25) is 0 Å². The fraction of sp³-hybridized carbons (Fsp3) is 0.500. The van der Waals surface area contributed by atoms with Crippen LogP contribution in [-0.4, -0.2) is 59.5 Å². The number of ether oxygens (including phenoxy) is 1. The number of aromatic nitrogens is 1. The fourth-order valence-corrected chi connectivity index (χ4v) is 4.69.